The quantitative estimate of drug-likeness (QED) is 0.807. The number of hydrogen-bond acceptors (Lipinski definition) is 4. The first-order valence-electron chi connectivity index (χ1n) is 7.64. The molecule has 0 fully saturated rings. The maximum Gasteiger partial charge on any atom is 0.0798 e. The number of thiazole rings is 1. The summed E-state index contributed by atoms with van der Waals surface area (Å²) in [5, 5.41) is 3.61. The van der Waals surface area contributed by atoms with E-state index < -0.39 is 0 Å². The molecule has 114 valence electrons. The summed E-state index contributed by atoms with van der Waals surface area (Å²) in [5.74, 6) is 0. The molecule has 3 nitrogen and oxygen atoms in total. The second-order valence-electron chi connectivity index (χ2n) is 5.14. The van der Waals surface area contributed by atoms with E-state index in [0.29, 0.717) is 6.04 Å². The van der Waals surface area contributed by atoms with E-state index in [-0.39, 0.29) is 0 Å². The number of aryl methyl sites for hydroxylation is 1. The molecule has 21 heavy (non-hydrogen) atoms. The zero-order valence-corrected chi connectivity index (χ0v) is 14.0. The van der Waals surface area contributed by atoms with Crippen molar-refractivity contribution in [3.8, 4) is 0 Å². The van der Waals surface area contributed by atoms with Gasteiger partial charge in [-0.1, -0.05) is 44.2 Å². The van der Waals surface area contributed by atoms with E-state index in [4.69, 9.17) is 0 Å². The van der Waals surface area contributed by atoms with Crippen LogP contribution in [0.15, 0.2) is 35.8 Å². The third-order valence-electron chi connectivity index (χ3n) is 3.91. The molecule has 0 radical (unpaired) electrons. The lowest BCUT2D eigenvalue weighted by Gasteiger charge is -2.30. The summed E-state index contributed by atoms with van der Waals surface area (Å²) in [7, 11) is 0. The van der Waals surface area contributed by atoms with Gasteiger partial charge in [-0.15, -0.1) is 11.3 Å². The molecule has 2 aromatic rings. The van der Waals surface area contributed by atoms with E-state index in [9.17, 15) is 0 Å². The molecule has 0 aliphatic heterocycles. The van der Waals surface area contributed by atoms with Crippen LogP contribution in [0.1, 0.15) is 36.0 Å². The molecule has 1 heterocycles. The van der Waals surface area contributed by atoms with Crippen LogP contribution >= 0.6 is 11.3 Å². The zero-order chi connectivity index (χ0) is 15.1. The Labute approximate surface area is 132 Å². The van der Waals surface area contributed by atoms with Gasteiger partial charge >= 0.3 is 0 Å². The number of benzene rings is 1. The van der Waals surface area contributed by atoms with Crippen molar-refractivity contribution in [3.63, 3.8) is 0 Å². The van der Waals surface area contributed by atoms with Gasteiger partial charge in [0.1, 0.15) is 0 Å². The van der Waals surface area contributed by atoms with Gasteiger partial charge in [-0.05, 0) is 25.6 Å². The van der Waals surface area contributed by atoms with Crippen LogP contribution < -0.4 is 5.32 Å². The summed E-state index contributed by atoms with van der Waals surface area (Å²) in [6.45, 7) is 10.5. The topological polar surface area (TPSA) is 28.2 Å². The molecule has 0 saturated heterocycles. The van der Waals surface area contributed by atoms with Crippen LogP contribution in [0.4, 0.5) is 0 Å². The van der Waals surface area contributed by atoms with Crippen molar-refractivity contribution < 1.29 is 0 Å². The molecular formula is C17H25N3S. The minimum atomic E-state index is 0.425. The second-order valence-corrected chi connectivity index (χ2v) is 6.08. The van der Waals surface area contributed by atoms with Crippen molar-refractivity contribution in [1.29, 1.82) is 0 Å². The molecule has 0 aliphatic rings. The van der Waals surface area contributed by atoms with Gasteiger partial charge in [0.2, 0.25) is 0 Å². The van der Waals surface area contributed by atoms with Crippen LogP contribution in [0.5, 0.6) is 0 Å². The van der Waals surface area contributed by atoms with Crippen molar-refractivity contribution in [2.45, 2.75) is 33.4 Å². The summed E-state index contributed by atoms with van der Waals surface area (Å²) in [4.78, 5) is 8.14. The fourth-order valence-electron chi connectivity index (χ4n) is 2.62. The lowest BCUT2D eigenvalue weighted by Crippen LogP contribution is -2.35. The van der Waals surface area contributed by atoms with Gasteiger partial charge in [-0.3, -0.25) is 4.90 Å². The Morgan fingerprint density at radius 2 is 1.90 bits per heavy atom. The largest absolute Gasteiger partial charge is 0.310 e. The maximum atomic E-state index is 4.31. The fourth-order valence-corrected chi connectivity index (χ4v) is 3.36. The molecule has 0 spiro atoms. The van der Waals surface area contributed by atoms with Crippen LogP contribution in [0.2, 0.25) is 0 Å². The standard InChI is InChI=1S/C17H25N3S/c1-4-20(5-2)16(15-9-7-6-8-10-15)11-18-12-17-14(3)19-13-21-17/h6-10,13,16,18H,4-5,11-12H2,1-3H3. The van der Waals surface area contributed by atoms with Crippen LogP contribution in [0, 0.1) is 6.92 Å². The number of aromatic nitrogens is 1. The number of hydrogen-bond donors (Lipinski definition) is 1. The van der Waals surface area contributed by atoms with Crippen molar-refractivity contribution in [2.24, 2.45) is 0 Å². The Morgan fingerprint density at radius 3 is 2.48 bits per heavy atom. The van der Waals surface area contributed by atoms with Crippen LogP contribution in [-0.4, -0.2) is 29.5 Å². The van der Waals surface area contributed by atoms with Crippen LogP contribution in [0.25, 0.3) is 0 Å². The molecule has 0 bridgehead atoms. The SMILES string of the molecule is CCN(CC)C(CNCc1scnc1C)c1ccccc1. The number of nitrogens with one attached hydrogen (secondary N) is 1. The van der Waals surface area contributed by atoms with Crippen LogP contribution in [0.3, 0.4) is 0 Å². The normalized spacial score (nSPS) is 12.8. The highest BCUT2D eigenvalue weighted by atomic mass is 32.1. The molecule has 2 rings (SSSR count). The number of rotatable bonds is 8. The smallest absolute Gasteiger partial charge is 0.0798 e. The zero-order valence-electron chi connectivity index (χ0n) is 13.2. The highest BCUT2D eigenvalue weighted by Gasteiger charge is 2.17. The Balaban J connectivity index is 2.01. The van der Waals surface area contributed by atoms with Gasteiger partial charge in [0.05, 0.1) is 11.2 Å². The van der Waals surface area contributed by atoms with Gasteiger partial charge < -0.3 is 5.32 Å². The summed E-state index contributed by atoms with van der Waals surface area (Å²) >= 11 is 1.73. The Morgan fingerprint density at radius 1 is 1.19 bits per heavy atom. The van der Waals surface area contributed by atoms with E-state index in [1.165, 1.54) is 10.4 Å². The minimum absolute atomic E-state index is 0.425. The van der Waals surface area contributed by atoms with E-state index >= 15 is 0 Å². The maximum absolute atomic E-state index is 4.31. The molecule has 1 aromatic heterocycles. The summed E-state index contributed by atoms with van der Waals surface area (Å²) in [5.41, 5.74) is 4.45. The Bertz CT molecular complexity index is 520. The molecule has 1 N–H and O–H groups in total. The molecule has 0 amide bonds. The van der Waals surface area contributed by atoms with Crippen LogP contribution in [-0.2, 0) is 6.54 Å². The Kier molecular flexibility index (Phi) is 6.36. The molecule has 1 atom stereocenters. The Hall–Kier alpha value is -1.23. The average molecular weight is 303 g/mol. The molecule has 1 unspecified atom stereocenters. The van der Waals surface area contributed by atoms with Gasteiger partial charge in [0, 0.05) is 24.0 Å². The average Bonchev–Trinajstić information content (AvgIpc) is 2.93. The van der Waals surface area contributed by atoms with E-state index in [2.05, 4.69) is 66.3 Å². The fraction of sp³-hybridized carbons (Fsp3) is 0.471. The first kappa shape index (κ1) is 16.1. The first-order chi connectivity index (χ1) is 10.3. The van der Waals surface area contributed by atoms with E-state index in [0.717, 1.165) is 31.9 Å². The van der Waals surface area contributed by atoms with Gasteiger partial charge in [-0.2, -0.15) is 0 Å². The van der Waals surface area contributed by atoms with E-state index in [1.54, 1.807) is 11.3 Å². The lowest BCUT2D eigenvalue weighted by molar-refractivity contribution is 0.213. The molecule has 0 saturated carbocycles. The van der Waals surface area contributed by atoms with Gasteiger partial charge in [-0.25, -0.2) is 4.98 Å². The monoisotopic (exact) mass is 303 g/mol. The molecule has 4 heteroatoms. The molecule has 0 aliphatic carbocycles. The third kappa shape index (κ3) is 4.37. The summed E-state index contributed by atoms with van der Waals surface area (Å²) in [6.07, 6.45) is 0. The number of likely N-dealkylation sites (N-methyl/N-ethyl adjacent to an activating group) is 1. The summed E-state index contributed by atoms with van der Waals surface area (Å²) in [6, 6.07) is 11.2. The third-order valence-corrected chi connectivity index (χ3v) is 4.84. The predicted octanol–water partition coefficient (Wildman–Crippen LogP) is 3.62. The minimum Gasteiger partial charge on any atom is -0.310 e. The molecular weight excluding hydrogens is 278 g/mol. The van der Waals surface area contributed by atoms with Crippen molar-refractivity contribution in [3.05, 3.63) is 52.0 Å². The molecule has 1 aromatic carbocycles. The number of nitrogens with zero attached hydrogens (tertiary/aromatic N) is 2. The predicted molar refractivity (Wildman–Crippen MR) is 90.7 cm³/mol. The van der Waals surface area contributed by atoms with Crippen molar-refractivity contribution in [2.75, 3.05) is 19.6 Å². The highest BCUT2D eigenvalue weighted by molar-refractivity contribution is 7.09. The van der Waals surface area contributed by atoms with Crippen molar-refractivity contribution in [1.82, 2.24) is 15.2 Å². The van der Waals surface area contributed by atoms with Crippen molar-refractivity contribution >= 4 is 11.3 Å². The summed E-state index contributed by atoms with van der Waals surface area (Å²) < 4.78 is 0. The van der Waals surface area contributed by atoms with Gasteiger partial charge in [0.25, 0.3) is 0 Å². The highest BCUT2D eigenvalue weighted by Crippen LogP contribution is 2.20. The second kappa shape index (κ2) is 8.27. The van der Waals surface area contributed by atoms with E-state index in [1.807, 2.05) is 5.51 Å². The first-order valence-corrected chi connectivity index (χ1v) is 8.52. The van der Waals surface area contributed by atoms with Gasteiger partial charge in [0.15, 0.2) is 0 Å². The lowest BCUT2D eigenvalue weighted by atomic mass is 10.1.